The second-order valence-electron chi connectivity index (χ2n) is 3.72. The molecule has 0 aliphatic rings. The SMILES string of the molecule is CC/C(O)=C(\C#N)c1nc2ccccc2c(=O)[nH]1. The lowest BCUT2D eigenvalue weighted by Gasteiger charge is -2.03. The molecule has 0 aliphatic heterocycles. The number of hydrogen-bond donors (Lipinski definition) is 2. The number of para-hydroxylation sites is 1. The average Bonchev–Trinajstić information content (AvgIpc) is 2.39. The normalized spacial score (nSPS) is 12.0. The number of aromatic amines is 1. The molecule has 0 amide bonds. The van der Waals surface area contributed by atoms with Crippen molar-refractivity contribution in [3.05, 3.63) is 46.2 Å². The van der Waals surface area contributed by atoms with Gasteiger partial charge in [0.1, 0.15) is 17.4 Å². The topological polar surface area (TPSA) is 89.8 Å². The van der Waals surface area contributed by atoms with Gasteiger partial charge in [-0.3, -0.25) is 4.79 Å². The first-order valence-corrected chi connectivity index (χ1v) is 5.49. The van der Waals surface area contributed by atoms with Crippen molar-refractivity contribution in [3.63, 3.8) is 0 Å². The summed E-state index contributed by atoms with van der Waals surface area (Å²) in [5.74, 6) is 0.0106. The summed E-state index contributed by atoms with van der Waals surface area (Å²) in [6.45, 7) is 1.71. The Morgan fingerprint density at radius 3 is 2.89 bits per heavy atom. The maximum Gasteiger partial charge on any atom is 0.259 e. The van der Waals surface area contributed by atoms with Crippen molar-refractivity contribution < 1.29 is 5.11 Å². The van der Waals surface area contributed by atoms with Crippen LogP contribution < -0.4 is 5.56 Å². The molecule has 1 aromatic heterocycles. The van der Waals surface area contributed by atoms with Gasteiger partial charge in [0.25, 0.3) is 5.56 Å². The molecule has 0 radical (unpaired) electrons. The third-order valence-electron chi connectivity index (χ3n) is 2.58. The Balaban J connectivity index is 2.75. The number of nitriles is 1. The second-order valence-corrected chi connectivity index (χ2v) is 3.72. The van der Waals surface area contributed by atoms with Crippen molar-refractivity contribution in [2.75, 3.05) is 0 Å². The Hall–Kier alpha value is -2.61. The maximum atomic E-state index is 11.8. The monoisotopic (exact) mass is 241 g/mol. The number of aromatic nitrogens is 2. The van der Waals surface area contributed by atoms with Gasteiger partial charge < -0.3 is 10.1 Å². The van der Waals surface area contributed by atoms with E-state index in [0.717, 1.165) is 0 Å². The number of nitrogens with one attached hydrogen (secondary N) is 1. The summed E-state index contributed by atoms with van der Waals surface area (Å²) >= 11 is 0. The van der Waals surface area contributed by atoms with E-state index in [1.54, 1.807) is 31.2 Å². The van der Waals surface area contributed by atoms with Gasteiger partial charge in [-0.2, -0.15) is 5.26 Å². The average molecular weight is 241 g/mol. The predicted molar refractivity (Wildman–Crippen MR) is 67.8 cm³/mol. The van der Waals surface area contributed by atoms with E-state index in [1.165, 1.54) is 0 Å². The Kier molecular flexibility index (Phi) is 3.11. The van der Waals surface area contributed by atoms with Gasteiger partial charge in [0.15, 0.2) is 5.82 Å². The summed E-state index contributed by atoms with van der Waals surface area (Å²) < 4.78 is 0. The summed E-state index contributed by atoms with van der Waals surface area (Å²) in [6.07, 6.45) is 0.305. The lowest BCUT2D eigenvalue weighted by Crippen LogP contribution is -2.11. The van der Waals surface area contributed by atoms with Crippen LogP contribution in [-0.4, -0.2) is 15.1 Å². The van der Waals surface area contributed by atoms with E-state index >= 15 is 0 Å². The van der Waals surface area contributed by atoms with Crippen molar-refractivity contribution >= 4 is 16.5 Å². The molecule has 2 rings (SSSR count). The molecule has 2 aromatic rings. The van der Waals surface area contributed by atoms with E-state index in [0.29, 0.717) is 17.3 Å². The van der Waals surface area contributed by atoms with Crippen LogP contribution in [0.2, 0.25) is 0 Å². The highest BCUT2D eigenvalue weighted by Gasteiger charge is 2.11. The molecule has 5 heteroatoms. The molecule has 5 nitrogen and oxygen atoms in total. The molecule has 18 heavy (non-hydrogen) atoms. The summed E-state index contributed by atoms with van der Waals surface area (Å²) in [6, 6.07) is 8.70. The molecule has 0 saturated heterocycles. The zero-order valence-corrected chi connectivity index (χ0v) is 9.77. The van der Waals surface area contributed by atoms with Crippen molar-refractivity contribution in [2.45, 2.75) is 13.3 Å². The first-order valence-electron chi connectivity index (χ1n) is 5.49. The summed E-state index contributed by atoms with van der Waals surface area (Å²) in [4.78, 5) is 18.5. The molecule has 0 fully saturated rings. The minimum absolute atomic E-state index is 0.000327. The van der Waals surface area contributed by atoms with Crippen LogP contribution in [0.3, 0.4) is 0 Å². The number of hydrogen-bond acceptors (Lipinski definition) is 4. The molecule has 90 valence electrons. The third-order valence-corrected chi connectivity index (χ3v) is 2.58. The lowest BCUT2D eigenvalue weighted by atomic mass is 10.2. The van der Waals surface area contributed by atoms with E-state index in [-0.39, 0.29) is 22.7 Å². The van der Waals surface area contributed by atoms with E-state index in [4.69, 9.17) is 5.26 Å². The van der Waals surface area contributed by atoms with E-state index in [9.17, 15) is 9.90 Å². The van der Waals surface area contributed by atoms with Crippen molar-refractivity contribution in [2.24, 2.45) is 0 Å². The number of benzene rings is 1. The van der Waals surface area contributed by atoms with Crippen LogP contribution in [0.25, 0.3) is 16.5 Å². The van der Waals surface area contributed by atoms with Crippen LogP contribution in [0, 0.1) is 11.3 Å². The number of aliphatic hydroxyl groups excluding tert-OH is 1. The summed E-state index contributed by atoms with van der Waals surface area (Å²) in [7, 11) is 0. The van der Waals surface area contributed by atoms with E-state index in [1.807, 2.05) is 6.07 Å². The van der Waals surface area contributed by atoms with Crippen LogP contribution in [-0.2, 0) is 0 Å². The van der Waals surface area contributed by atoms with Gasteiger partial charge in [-0.05, 0) is 12.1 Å². The Labute approximate surface area is 103 Å². The standard InChI is InChI=1S/C13H11N3O2/c1-2-11(17)9(7-14)12-15-10-6-4-3-5-8(10)13(18)16-12/h3-6,17H,2H2,1H3,(H,15,16,18)/b11-9-. The fourth-order valence-electron chi connectivity index (χ4n) is 1.64. The van der Waals surface area contributed by atoms with Crippen LogP contribution in [0.5, 0.6) is 0 Å². The summed E-state index contributed by atoms with van der Waals surface area (Å²) in [5, 5.41) is 19.1. The number of nitrogens with zero attached hydrogens (tertiary/aromatic N) is 2. The number of allylic oxidation sites excluding steroid dienone is 2. The minimum Gasteiger partial charge on any atom is -0.511 e. The quantitative estimate of drug-likeness (QED) is 0.622. The molecule has 1 heterocycles. The first-order chi connectivity index (χ1) is 8.67. The largest absolute Gasteiger partial charge is 0.511 e. The predicted octanol–water partition coefficient (Wildman–Crippen LogP) is 2.13. The lowest BCUT2D eigenvalue weighted by molar-refractivity contribution is 0.398. The Bertz CT molecular complexity index is 723. The molecule has 0 aliphatic carbocycles. The van der Waals surface area contributed by atoms with Gasteiger partial charge in [-0.1, -0.05) is 19.1 Å². The molecule has 0 saturated carbocycles. The number of H-pyrrole nitrogens is 1. The first kappa shape index (κ1) is 11.9. The van der Waals surface area contributed by atoms with Crippen molar-refractivity contribution in [1.29, 1.82) is 5.26 Å². The van der Waals surface area contributed by atoms with Gasteiger partial charge in [-0.25, -0.2) is 4.98 Å². The van der Waals surface area contributed by atoms with Gasteiger partial charge in [-0.15, -0.1) is 0 Å². The highest BCUT2D eigenvalue weighted by molar-refractivity contribution is 5.81. The van der Waals surface area contributed by atoms with Gasteiger partial charge in [0.05, 0.1) is 10.9 Å². The smallest absolute Gasteiger partial charge is 0.259 e. The molecule has 0 bridgehead atoms. The maximum absolute atomic E-state index is 11.8. The van der Waals surface area contributed by atoms with E-state index in [2.05, 4.69) is 9.97 Å². The Morgan fingerprint density at radius 1 is 1.50 bits per heavy atom. The van der Waals surface area contributed by atoms with Crippen LogP contribution in [0.15, 0.2) is 34.8 Å². The highest BCUT2D eigenvalue weighted by Crippen LogP contribution is 2.15. The third kappa shape index (κ3) is 1.96. The minimum atomic E-state index is -0.327. The molecule has 2 N–H and O–H groups in total. The van der Waals surface area contributed by atoms with Crippen LogP contribution >= 0.6 is 0 Å². The molecule has 0 spiro atoms. The van der Waals surface area contributed by atoms with Gasteiger partial charge in [0, 0.05) is 6.42 Å². The van der Waals surface area contributed by atoms with Gasteiger partial charge >= 0.3 is 0 Å². The van der Waals surface area contributed by atoms with Crippen LogP contribution in [0.4, 0.5) is 0 Å². The molecular formula is C13H11N3O2. The zero-order chi connectivity index (χ0) is 13.1. The molecular weight excluding hydrogens is 230 g/mol. The fourth-order valence-corrected chi connectivity index (χ4v) is 1.64. The number of aliphatic hydroxyl groups is 1. The number of rotatable bonds is 2. The summed E-state index contributed by atoms with van der Waals surface area (Å²) in [5.41, 5.74) is 0.167. The Morgan fingerprint density at radius 2 is 2.22 bits per heavy atom. The van der Waals surface area contributed by atoms with Crippen LogP contribution in [0.1, 0.15) is 19.2 Å². The second kappa shape index (κ2) is 4.72. The zero-order valence-electron chi connectivity index (χ0n) is 9.77. The molecule has 0 unspecified atom stereocenters. The van der Waals surface area contributed by atoms with Crippen molar-refractivity contribution in [3.8, 4) is 6.07 Å². The van der Waals surface area contributed by atoms with E-state index < -0.39 is 0 Å². The van der Waals surface area contributed by atoms with Gasteiger partial charge in [0.2, 0.25) is 0 Å². The molecule has 1 aromatic carbocycles. The highest BCUT2D eigenvalue weighted by atomic mass is 16.3. The van der Waals surface area contributed by atoms with Crippen molar-refractivity contribution in [1.82, 2.24) is 9.97 Å². The molecule has 0 atom stereocenters. The fraction of sp³-hybridized carbons (Fsp3) is 0.154. The number of fused-ring (bicyclic) bond motifs is 1.